The van der Waals surface area contributed by atoms with Gasteiger partial charge in [-0.05, 0) is 51.1 Å². The van der Waals surface area contributed by atoms with E-state index in [0.29, 0.717) is 31.2 Å². The molecule has 6 heteroatoms. The molecule has 0 aliphatic heterocycles. The first-order chi connectivity index (χ1) is 13.2. The Labute approximate surface area is 159 Å². The van der Waals surface area contributed by atoms with Crippen molar-refractivity contribution >= 4 is 16.9 Å². The average Bonchev–Trinajstić information content (AvgIpc) is 3.12. The number of H-pyrrole nitrogens is 1. The Balaban J connectivity index is 1.83. The molecule has 3 rings (SSSR count). The minimum Gasteiger partial charge on any atom is -0.490 e. The summed E-state index contributed by atoms with van der Waals surface area (Å²) in [4.78, 5) is 21.9. The second kappa shape index (κ2) is 8.58. The van der Waals surface area contributed by atoms with E-state index in [4.69, 9.17) is 9.47 Å². The number of aromatic amines is 1. The van der Waals surface area contributed by atoms with E-state index in [1.165, 1.54) is 0 Å². The average molecular weight is 367 g/mol. The van der Waals surface area contributed by atoms with Crippen molar-refractivity contribution in [3.05, 3.63) is 42.5 Å². The molecule has 1 N–H and O–H groups in total. The van der Waals surface area contributed by atoms with Gasteiger partial charge in [0, 0.05) is 18.7 Å². The van der Waals surface area contributed by atoms with E-state index in [1.807, 2.05) is 63.2 Å². The van der Waals surface area contributed by atoms with Crippen LogP contribution < -0.4 is 9.47 Å². The molecule has 2 aromatic carbocycles. The Kier molecular flexibility index (Phi) is 5.96. The van der Waals surface area contributed by atoms with E-state index in [1.54, 1.807) is 4.90 Å². The molecular formula is C21H25N3O3. The number of hydrogen-bond donors (Lipinski definition) is 1. The SMILES string of the molecule is CCOc1cc(-c2nc3ccccc3[nH]2)ccc1OCC(=O)N(CC)CC. The van der Waals surface area contributed by atoms with Crippen molar-refractivity contribution in [1.82, 2.24) is 14.9 Å². The number of imidazole rings is 1. The van der Waals surface area contributed by atoms with Crippen LogP contribution in [0.4, 0.5) is 0 Å². The van der Waals surface area contributed by atoms with Gasteiger partial charge in [-0.15, -0.1) is 0 Å². The first-order valence-corrected chi connectivity index (χ1v) is 9.28. The predicted octanol–water partition coefficient (Wildman–Crippen LogP) is 3.88. The summed E-state index contributed by atoms with van der Waals surface area (Å²) in [6.07, 6.45) is 0. The van der Waals surface area contributed by atoms with Gasteiger partial charge in [0.2, 0.25) is 0 Å². The number of amides is 1. The maximum Gasteiger partial charge on any atom is 0.260 e. The molecule has 6 nitrogen and oxygen atoms in total. The summed E-state index contributed by atoms with van der Waals surface area (Å²) in [5.41, 5.74) is 2.79. The number of nitrogens with one attached hydrogen (secondary N) is 1. The fraction of sp³-hybridized carbons (Fsp3) is 0.333. The maximum absolute atomic E-state index is 12.2. The Morgan fingerprint density at radius 3 is 2.52 bits per heavy atom. The van der Waals surface area contributed by atoms with Crippen LogP contribution in [0.15, 0.2) is 42.5 Å². The number of hydrogen-bond acceptors (Lipinski definition) is 4. The van der Waals surface area contributed by atoms with Gasteiger partial charge < -0.3 is 19.4 Å². The topological polar surface area (TPSA) is 67.5 Å². The van der Waals surface area contributed by atoms with Gasteiger partial charge in [-0.3, -0.25) is 4.79 Å². The summed E-state index contributed by atoms with van der Waals surface area (Å²) in [7, 11) is 0. The van der Waals surface area contributed by atoms with Crippen LogP contribution in [0.5, 0.6) is 11.5 Å². The first-order valence-electron chi connectivity index (χ1n) is 9.28. The molecule has 1 aromatic heterocycles. The zero-order chi connectivity index (χ0) is 19.2. The van der Waals surface area contributed by atoms with Gasteiger partial charge in [0.15, 0.2) is 18.1 Å². The largest absolute Gasteiger partial charge is 0.490 e. The number of carbonyl (C=O) groups excluding carboxylic acids is 1. The molecule has 1 amide bonds. The lowest BCUT2D eigenvalue weighted by Crippen LogP contribution is -2.34. The Morgan fingerprint density at radius 2 is 1.81 bits per heavy atom. The number of aromatic nitrogens is 2. The van der Waals surface area contributed by atoms with Gasteiger partial charge in [-0.2, -0.15) is 0 Å². The van der Waals surface area contributed by atoms with Crippen molar-refractivity contribution in [3.63, 3.8) is 0 Å². The molecule has 0 saturated carbocycles. The summed E-state index contributed by atoms with van der Waals surface area (Å²) >= 11 is 0. The van der Waals surface area contributed by atoms with Crippen LogP contribution in [-0.2, 0) is 4.79 Å². The van der Waals surface area contributed by atoms with Crippen molar-refractivity contribution in [3.8, 4) is 22.9 Å². The molecule has 27 heavy (non-hydrogen) atoms. The van der Waals surface area contributed by atoms with Gasteiger partial charge in [-0.1, -0.05) is 12.1 Å². The lowest BCUT2D eigenvalue weighted by molar-refractivity contribution is -0.132. The molecule has 142 valence electrons. The first kappa shape index (κ1) is 18.8. The molecule has 3 aromatic rings. The predicted molar refractivity (Wildman–Crippen MR) is 106 cm³/mol. The minimum absolute atomic E-state index is 0.00820. The molecule has 0 atom stereocenters. The molecule has 0 unspecified atom stereocenters. The highest BCUT2D eigenvalue weighted by atomic mass is 16.5. The summed E-state index contributed by atoms with van der Waals surface area (Å²) < 4.78 is 11.5. The van der Waals surface area contributed by atoms with Crippen LogP contribution in [0, 0.1) is 0 Å². The lowest BCUT2D eigenvalue weighted by Gasteiger charge is -2.19. The number of carbonyl (C=O) groups is 1. The van der Waals surface area contributed by atoms with E-state index in [0.717, 1.165) is 22.4 Å². The third-order valence-corrected chi connectivity index (χ3v) is 4.37. The van der Waals surface area contributed by atoms with Crippen molar-refractivity contribution in [2.45, 2.75) is 20.8 Å². The second-order valence-corrected chi connectivity index (χ2v) is 6.05. The molecule has 0 radical (unpaired) electrons. The van der Waals surface area contributed by atoms with E-state index in [-0.39, 0.29) is 12.5 Å². The number of nitrogens with zero attached hydrogens (tertiary/aromatic N) is 2. The van der Waals surface area contributed by atoms with Crippen molar-refractivity contribution in [2.24, 2.45) is 0 Å². The van der Waals surface area contributed by atoms with Crippen molar-refractivity contribution < 1.29 is 14.3 Å². The summed E-state index contributed by atoms with van der Waals surface area (Å²) in [5.74, 6) is 1.88. The lowest BCUT2D eigenvalue weighted by atomic mass is 10.2. The number of fused-ring (bicyclic) bond motifs is 1. The quantitative estimate of drug-likeness (QED) is 0.656. The Bertz CT molecular complexity index is 883. The fourth-order valence-corrected chi connectivity index (χ4v) is 2.94. The molecule has 0 aliphatic rings. The molecule has 0 spiro atoms. The van der Waals surface area contributed by atoms with Crippen LogP contribution in [0.2, 0.25) is 0 Å². The van der Waals surface area contributed by atoms with Gasteiger partial charge >= 0.3 is 0 Å². The van der Waals surface area contributed by atoms with E-state index in [9.17, 15) is 4.79 Å². The monoisotopic (exact) mass is 367 g/mol. The Morgan fingerprint density at radius 1 is 1.04 bits per heavy atom. The number of para-hydroxylation sites is 2. The number of rotatable bonds is 8. The summed E-state index contributed by atoms with van der Waals surface area (Å²) in [6.45, 7) is 7.66. The normalized spacial score (nSPS) is 10.8. The van der Waals surface area contributed by atoms with Gasteiger partial charge in [-0.25, -0.2) is 4.98 Å². The minimum atomic E-state index is -0.0381. The third kappa shape index (κ3) is 4.22. The van der Waals surface area contributed by atoms with Gasteiger partial charge in [0.25, 0.3) is 5.91 Å². The van der Waals surface area contributed by atoms with Gasteiger partial charge in [0.05, 0.1) is 17.6 Å². The van der Waals surface area contributed by atoms with Crippen LogP contribution in [-0.4, -0.2) is 47.1 Å². The summed E-state index contributed by atoms with van der Waals surface area (Å²) in [5, 5.41) is 0. The zero-order valence-electron chi connectivity index (χ0n) is 16.0. The second-order valence-electron chi connectivity index (χ2n) is 6.05. The van der Waals surface area contributed by atoms with E-state index < -0.39 is 0 Å². The molecule has 1 heterocycles. The van der Waals surface area contributed by atoms with E-state index in [2.05, 4.69) is 9.97 Å². The molecule has 0 saturated heterocycles. The number of benzene rings is 2. The van der Waals surface area contributed by atoms with Gasteiger partial charge in [0.1, 0.15) is 5.82 Å². The van der Waals surface area contributed by atoms with Crippen LogP contribution in [0.3, 0.4) is 0 Å². The summed E-state index contributed by atoms with van der Waals surface area (Å²) in [6, 6.07) is 13.5. The Hall–Kier alpha value is -3.02. The highest BCUT2D eigenvalue weighted by Crippen LogP contribution is 2.32. The number of ether oxygens (including phenoxy) is 2. The fourth-order valence-electron chi connectivity index (χ4n) is 2.94. The molecule has 0 fully saturated rings. The van der Waals surface area contributed by atoms with Crippen molar-refractivity contribution in [1.29, 1.82) is 0 Å². The molecule has 0 bridgehead atoms. The smallest absolute Gasteiger partial charge is 0.260 e. The van der Waals surface area contributed by atoms with E-state index >= 15 is 0 Å². The zero-order valence-corrected chi connectivity index (χ0v) is 16.0. The molecular weight excluding hydrogens is 342 g/mol. The molecule has 0 aliphatic carbocycles. The van der Waals surface area contributed by atoms with Crippen LogP contribution in [0.25, 0.3) is 22.4 Å². The third-order valence-electron chi connectivity index (χ3n) is 4.37. The van der Waals surface area contributed by atoms with Crippen molar-refractivity contribution in [2.75, 3.05) is 26.3 Å². The number of likely N-dealkylation sites (N-methyl/N-ethyl adjacent to an activating group) is 1. The van der Waals surface area contributed by atoms with Crippen LogP contribution in [0.1, 0.15) is 20.8 Å². The highest BCUT2D eigenvalue weighted by Gasteiger charge is 2.14. The maximum atomic E-state index is 12.2. The standard InChI is InChI=1S/C21H25N3O3/c1-4-24(5-2)20(25)14-27-18-12-11-15(13-19(18)26-6-3)21-22-16-9-7-8-10-17(16)23-21/h7-13H,4-6,14H2,1-3H3,(H,22,23). The highest BCUT2D eigenvalue weighted by molar-refractivity contribution is 5.80. The van der Waals surface area contributed by atoms with Crippen LogP contribution >= 0.6 is 0 Å².